The van der Waals surface area contributed by atoms with E-state index in [0.29, 0.717) is 10.9 Å². The van der Waals surface area contributed by atoms with Crippen LogP contribution in [0.1, 0.15) is 18.5 Å². The summed E-state index contributed by atoms with van der Waals surface area (Å²) >= 11 is 5.13. The molecule has 4 heteroatoms. The normalized spacial score (nSPS) is 11.9. The van der Waals surface area contributed by atoms with E-state index in [1.807, 2.05) is 37.1 Å². The second-order valence-corrected chi connectivity index (χ2v) is 3.79. The van der Waals surface area contributed by atoms with Gasteiger partial charge in [0.25, 0.3) is 0 Å². The van der Waals surface area contributed by atoms with Crippen LogP contribution >= 0.6 is 12.2 Å². The molecular weight excluding hydrogens is 208 g/mol. The predicted octanol–water partition coefficient (Wildman–Crippen LogP) is 1.89. The summed E-state index contributed by atoms with van der Waals surface area (Å²) in [7, 11) is 3.69. The van der Waals surface area contributed by atoms with E-state index in [2.05, 4.69) is 5.32 Å². The Bertz CT molecular complexity index is 354. The number of rotatable bonds is 2. The molecule has 15 heavy (non-hydrogen) atoms. The predicted molar refractivity (Wildman–Crippen MR) is 65.9 cm³/mol. The summed E-state index contributed by atoms with van der Waals surface area (Å²) in [5.74, 6) is 0.302. The van der Waals surface area contributed by atoms with Crippen molar-refractivity contribution in [2.24, 2.45) is 0 Å². The van der Waals surface area contributed by atoms with E-state index < -0.39 is 0 Å². The Hall–Kier alpha value is -1.29. The molecule has 1 rings (SSSR count). The third-order valence-corrected chi connectivity index (χ3v) is 2.99. The monoisotopic (exact) mass is 224 g/mol. The number of hydrogen-bond acceptors (Lipinski definition) is 2. The largest absolute Gasteiger partial charge is 0.508 e. The fourth-order valence-electron chi connectivity index (χ4n) is 1.40. The van der Waals surface area contributed by atoms with Gasteiger partial charge in [0.15, 0.2) is 5.11 Å². The molecule has 0 saturated carbocycles. The molecule has 0 aliphatic heterocycles. The van der Waals surface area contributed by atoms with Gasteiger partial charge in [-0.25, -0.2) is 0 Å². The lowest BCUT2D eigenvalue weighted by Crippen LogP contribution is -2.36. The number of nitrogens with one attached hydrogen (secondary N) is 1. The van der Waals surface area contributed by atoms with Crippen LogP contribution in [0.4, 0.5) is 0 Å². The smallest absolute Gasteiger partial charge is 0.168 e. The maximum Gasteiger partial charge on any atom is 0.168 e. The molecule has 0 fully saturated rings. The highest BCUT2D eigenvalue weighted by molar-refractivity contribution is 7.80. The molecular formula is C11H16N2OS. The average Bonchev–Trinajstić information content (AvgIpc) is 2.26. The lowest BCUT2D eigenvalue weighted by atomic mass is 10.1. The number of hydrogen-bond donors (Lipinski definition) is 2. The molecule has 2 N–H and O–H groups in total. The average molecular weight is 224 g/mol. The van der Waals surface area contributed by atoms with Crippen molar-refractivity contribution in [3.8, 4) is 5.75 Å². The lowest BCUT2D eigenvalue weighted by Gasteiger charge is -2.27. The van der Waals surface area contributed by atoms with E-state index in [4.69, 9.17) is 12.2 Å². The first-order chi connectivity index (χ1) is 7.07. The maximum atomic E-state index is 9.69. The molecule has 0 amide bonds. The minimum absolute atomic E-state index is 0.0474. The van der Waals surface area contributed by atoms with E-state index in [-0.39, 0.29) is 6.04 Å². The number of thiocarbonyl (C=S) groups is 1. The van der Waals surface area contributed by atoms with Gasteiger partial charge in [0, 0.05) is 19.7 Å². The zero-order valence-electron chi connectivity index (χ0n) is 9.19. The fraction of sp³-hybridized carbons (Fsp3) is 0.364. The van der Waals surface area contributed by atoms with E-state index >= 15 is 0 Å². The maximum absolute atomic E-state index is 9.69. The molecule has 1 atom stereocenters. The highest BCUT2D eigenvalue weighted by Crippen LogP contribution is 2.26. The minimum atomic E-state index is 0.0474. The van der Waals surface area contributed by atoms with Gasteiger partial charge < -0.3 is 15.3 Å². The number of nitrogens with zero attached hydrogens (tertiary/aromatic N) is 1. The van der Waals surface area contributed by atoms with Crippen LogP contribution in [0.15, 0.2) is 24.3 Å². The van der Waals surface area contributed by atoms with Crippen LogP contribution in [0.3, 0.4) is 0 Å². The van der Waals surface area contributed by atoms with Crippen LogP contribution < -0.4 is 5.32 Å². The van der Waals surface area contributed by atoms with E-state index in [9.17, 15) is 5.11 Å². The summed E-state index contributed by atoms with van der Waals surface area (Å²) in [6, 6.07) is 7.34. The molecule has 0 aliphatic rings. The summed E-state index contributed by atoms with van der Waals surface area (Å²) in [5.41, 5.74) is 0.873. The lowest BCUT2D eigenvalue weighted by molar-refractivity contribution is 0.378. The zero-order valence-corrected chi connectivity index (χ0v) is 10.0. The van der Waals surface area contributed by atoms with E-state index in [1.54, 1.807) is 13.1 Å². The Labute approximate surface area is 95.7 Å². The van der Waals surface area contributed by atoms with Crippen LogP contribution in [0.5, 0.6) is 5.75 Å². The first kappa shape index (κ1) is 11.8. The summed E-state index contributed by atoms with van der Waals surface area (Å²) in [6.45, 7) is 2.00. The van der Waals surface area contributed by atoms with E-state index in [0.717, 1.165) is 5.56 Å². The Kier molecular flexibility index (Phi) is 3.91. The van der Waals surface area contributed by atoms with Crippen molar-refractivity contribution in [1.82, 2.24) is 10.2 Å². The highest BCUT2D eigenvalue weighted by atomic mass is 32.1. The van der Waals surface area contributed by atoms with Gasteiger partial charge in [-0.15, -0.1) is 0 Å². The van der Waals surface area contributed by atoms with Crippen molar-refractivity contribution >= 4 is 17.3 Å². The summed E-state index contributed by atoms with van der Waals surface area (Å²) in [6.07, 6.45) is 0. The van der Waals surface area contributed by atoms with Crippen LogP contribution in [0.2, 0.25) is 0 Å². The highest BCUT2D eigenvalue weighted by Gasteiger charge is 2.16. The summed E-state index contributed by atoms with van der Waals surface area (Å²) in [4.78, 5) is 1.91. The molecule has 0 aliphatic carbocycles. The molecule has 82 valence electrons. The fourth-order valence-corrected chi connectivity index (χ4v) is 1.56. The molecule has 1 aromatic carbocycles. The number of benzene rings is 1. The third-order valence-electron chi connectivity index (χ3n) is 2.50. The number of aromatic hydroxyl groups is 1. The number of phenolic OH excluding ortho intramolecular Hbond substituents is 1. The second-order valence-electron chi connectivity index (χ2n) is 3.40. The van der Waals surface area contributed by atoms with Gasteiger partial charge >= 0.3 is 0 Å². The second kappa shape index (κ2) is 4.98. The van der Waals surface area contributed by atoms with Crippen LogP contribution in [0.25, 0.3) is 0 Å². The van der Waals surface area contributed by atoms with Crippen molar-refractivity contribution < 1.29 is 5.11 Å². The molecule has 0 spiro atoms. The van der Waals surface area contributed by atoms with E-state index in [1.165, 1.54) is 0 Å². The van der Waals surface area contributed by atoms with Crippen molar-refractivity contribution in [3.63, 3.8) is 0 Å². The third kappa shape index (κ3) is 2.59. The first-order valence-electron chi connectivity index (χ1n) is 4.80. The van der Waals surface area contributed by atoms with Crippen molar-refractivity contribution in [3.05, 3.63) is 29.8 Å². The Morgan fingerprint density at radius 3 is 2.60 bits per heavy atom. The quantitative estimate of drug-likeness (QED) is 0.752. The summed E-state index contributed by atoms with van der Waals surface area (Å²) < 4.78 is 0. The summed E-state index contributed by atoms with van der Waals surface area (Å²) in [5, 5.41) is 13.3. The number of para-hydroxylation sites is 1. The Morgan fingerprint density at radius 2 is 2.07 bits per heavy atom. The van der Waals surface area contributed by atoms with Crippen molar-refractivity contribution in [2.45, 2.75) is 13.0 Å². The molecule has 0 heterocycles. The van der Waals surface area contributed by atoms with Gasteiger partial charge in [0.05, 0.1) is 6.04 Å². The van der Waals surface area contributed by atoms with Crippen molar-refractivity contribution in [2.75, 3.05) is 14.1 Å². The molecule has 0 aromatic heterocycles. The molecule has 1 aromatic rings. The molecule has 0 saturated heterocycles. The molecule has 0 bridgehead atoms. The molecule has 0 radical (unpaired) electrons. The minimum Gasteiger partial charge on any atom is -0.508 e. The SMILES string of the molecule is CNC(=S)N(C)[C@@H](C)c1ccccc1O. The van der Waals surface area contributed by atoms with Crippen LogP contribution in [0, 0.1) is 0 Å². The van der Waals surface area contributed by atoms with Crippen molar-refractivity contribution in [1.29, 1.82) is 0 Å². The topological polar surface area (TPSA) is 35.5 Å². The standard InChI is InChI=1S/C11H16N2OS/c1-8(13(3)11(15)12-2)9-6-4-5-7-10(9)14/h4-8,14H,1-3H3,(H,12,15)/t8-/m0/s1. The van der Waals surface area contributed by atoms with Crippen LogP contribution in [-0.4, -0.2) is 29.2 Å². The number of phenols is 1. The Morgan fingerprint density at radius 1 is 1.47 bits per heavy atom. The van der Waals surface area contributed by atoms with Gasteiger partial charge in [-0.3, -0.25) is 0 Å². The van der Waals surface area contributed by atoms with Gasteiger partial charge in [0.2, 0.25) is 0 Å². The molecule has 0 unspecified atom stereocenters. The van der Waals surface area contributed by atoms with Gasteiger partial charge in [-0.2, -0.15) is 0 Å². The van der Waals surface area contributed by atoms with Gasteiger partial charge in [0.1, 0.15) is 5.75 Å². The molecule has 3 nitrogen and oxygen atoms in total. The van der Waals surface area contributed by atoms with Gasteiger partial charge in [-0.1, -0.05) is 18.2 Å². The first-order valence-corrected chi connectivity index (χ1v) is 5.21. The van der Waals surface area contributed by atoms with Crippen LogP contribution in [-0.2, 0) is 0 Å². The Balaban J connectivity index is 2.89. The zero-order chi connectivity index (χ0) is 11.4. The van der Waals surface area contributed by atoms with Gasteiger partial charge in [-0.05, 0) is 25.2 Å².